The van der Waals surface area contributed by atoms with Gasteiger partial charge in [0, 0.05) is 24.0 Å². The Morgan fingerprint density at radius 3 is 2.39 bits per heavy atom. The molecular formula is C24H30N2O6S. The average Bonchev–Trinajstić information content (AvgIpc) is 3.22. The Labute approximate surface area is 194 Å². The highest BCUT2D eigenvalue weighted by Gasteiger charge is 2.38. The van der Waals surface area contributed by atoms with E-state index in [-0.39, 0.29) is 30.0 Å². The van der Waals surface area contributed by atoms with Crippen molar-refractivity contribution in [1.29, 1.82) is 0 Å². The quantitative estimate of drug-likeness (QED) is 0.603. The van der Waals surface area contributed by atoms with E-state index in [1.54, 1.807) is 64.2 Å². The van der Waals surface area contributed by atoms with E-state index >= 15 is 0 Å². The monoisotopic (exact) mass is 474 g/mol. The highest BCUT2D eigenvalue weighted by molar-refractivity contribution is 7.89. The van der Waals surface area contributed by atoms with Crippen LogP contribution in [0, 0.1) is 6.92 Å². The third-order valence-corrected chi connectivity index (χ3v) is 7.01. The Morgan fingerprint density at radius 2 is 1.79 bits per heavy atom. The summed E-state index contributed by atoms with van der Waals surface area (Å²) in [5, 5.41) is 0. The third-order valence-electron chi connectivity index (χ3n) is 5.14. The molecule has 3 rings (SSSR count). The molecule has 2 heterocycles. The van der Waals surface area contributed by atoms with Gasteiger partial charge >= 0.3 is 12.1 Å². The molecule has 1 atom stereocenters. The van der Waals surface area contributed by atoms with Gasteiger partial charge in [-0.05, 0) is 65.3 Å². The molecule has 178 valence electrons. The minimum absolute atomic E-state index is 0.110. The number of rotatable bonds is 5. The molecule has 0 saturated carbocycles. The number of sulfonamides is 1. The van der Waals surface area contributed by atoms with E-state index in [2.05, 4.69) is 0 Å². The lowest BCUT2D eigenvalue weighted by molar-refractivity contribution is -0.138. The van der Waals surface area contributed by atoms with Gasteiger partial charge in [0.2, 0.25) is 10.0 Å². The van der Waals surface area contributed by atoms with E-state index in [1.807, 2.05) is 6.92 Å². The Balaban J connectivity index is 2.06. The largest absolute Gasteiger partial charge is 0.463 e. The van der Waals surface area contributed by atoms with Crippen molar-refractivity contribution >= 4 is 22.1 Å². The highest BCUT2D eigenvalue weighted by atomic mass is 32.2. The minimum Gasteiger partial charge on any atom is -0.463 e. The van der Waals surface area contributed by atoms with Crippen molar-refractivity contribution in [3.8, 4) is 0 Å². The molecule has 0 saturated heterocycles. The fourth-order valence-electron chi connectivity index (χ4n) is 3.60. The summed E-state index contributed by atoms with van der Waals surface area (Å²) in [7, 11) is -3.99. The number of aryl methyl sites for hydroxylation is 1. The van der Waals surface area contributed by atoms with Gasteiger partial charge in [-0.25, -0.2) is 18.0 Å². The lowest BCUT2D eigenvalue weighted by Crippen LogP contribution is -2.41. The number of carbonyl (C=O) groups is 2. The summed E-state index contributed by atoms with van der Waals surface area (Å²) in [5.74, 6) is -0.553. The van der Waals surface area contributed by atoms with Crippen molar-refractivity contribution in [2.45, 2.75) is 57.6 Å². The lowest BCUT2D eigenvalue weighted by atomic mass is 10.0. The second-order valence-electron chi connectivity index (χ2n) is 8.85. The van der Waals surface area contributed by atoms with Crippen LogP contribution in [0.15, 0.2) is 59.1 Å². The number of esters is 1. The smallest absolute Gasteiger partial charge is 0.418 e. The van der Waals surface area contributed by atoms with Crippen molar-refractivity contribution in [2.75, 3.05) is 13.2 Å². The fraction of sp³-hybridized carbons (Fsp3) is 0.417. The summed E-state index contributed by atoms with van der Waals surface area (Å²) in [5.41, 5.74) is 0.934. The molecule has 0 fully saturated rings. The molecule has 1 aliphatic rings. The zero-order valence-electron chi connectivity index (χ0n) is 19.6. The highest BCUT2D eigenvalue weighted by Crippen LogP contribution is 2.36. The molecule has 0 N–H and O–H groups in total. The molecule has 9 heteroatoms. The summed E-state index contributed by atoms with van der Waals surface area (Å²) >= 11 is 0. The van der Waals surface area contributed by atoms with E-state index in [0.717, 1.165) is 5.56 Å². The molecule has 1 aliphatic heterocycles. The maximum atomic E-state index is 13.7. The molecule has 33 heavy (non-hydrogen) atoms. The lowest BCUT2D eigenvalue weighted by Gasteiger charge is -2.34. The molecule has 0 aliphatic carbocycles. The number of aromatic nitrogens is 1. The van der Waals surface area contributed by atoms with E-state index < -0.39 is 33.7 Å². The Morgan fingerprint density at radius 1 is 1.12 bits per heavy atom. The van der Waals surface area contributed by atoms with Gasteiger partial charge in [-0.15, -0.1) is 0 Å². The normalized spacial score (nSPS) is 17.4. The summed E-state index contributed by atoms with van der Waals surface area (Å²) in [4.78, 5) is 25.3. The molecule has 1 aromatic heterocycles. The molecule has 1 unspecified atom stereocenters. The first-order valence-corrected chi connectivity index (χ1v) is 12.2. The maximum Gasteiger partial charge on any atom is 0.418 e. The van der Waals surface area contributed by atoms with Gasteiger partial charge in [0.1, 0.15) is 5.60 Å². The van der Waals surface area contributed by atoms with Crippen LogP contribution in [0.1, 0.15) is 51.4 Å². The van der Waals surface area contributed by atoms with Gasteiger partial charge in [-0.1, -0.05) is 23.8 Å². The van der Waals surface area contributed by atoms with Crippen molar-refractivity contribution in [1.82, 2.24) is 8.87 Å². The Kier molecular flexibility index (Phi) is 7.14. The summed E-state index contributed by atoms with van der Waals surface area (Å²) < 4.78 is 40.5. The first-order chi connectivity index (χ1) is 15.4. The van der Waals surface area contributed by atoms with Gasteiger partial charge in [-0.3, -0.25) is 4.57 Å². The fourth-order valence-corrected chi connectivity index (χ4v) is 5.18. The summed E-state index contributed by atoms with van der Waals surface area (Å²) in [6.07, 6.45) is 2.82. The van der Waals surface area contributed by atoms with E-state index in [1.165, 1.54) is 21.0 Å². The molecule has 2 aromatic rings. The first-order valence-electron chi connectivity index (χ1n) is 10.8. The van der Waals surface area contributed by atoms with Gasteiger partial charge in [0.05, 0.1) is 17.5 Å². The number of hydrogen-bond donors (Lipinski definition) is 0. The van der Waals surface area contributed by atoms with Crippen molar-refractivity contribution in [3.05, 3.63) is 65.5 Å². The predicted octanol–water partition coefficient (Wildman–Crippen LogP) is 4.20. The first kappa shape index (κ1) is 24.7. The van der Waals surface area contributed by atoms with Crippen LogP contribution in [0.2, 0.25) is 0 Å². The summed E-state index contributed by atoms with van der Waals surface area (Å²) in [6.45, 7) is 8.87. The number of benzene rings is 1. The van der Waals surface area contributed by atoms with Gasteiger partial charge in [0.25, 0.3) is 0 Å². The Bertz CT molecular complexity index is 1160. The van der Waals surface area contributed by atoms with Crippen molar-refractivity contribution in [2.24, 2.45) is 0 Å². The van der Waals surface area contributed by atoms with Crippen LogP contribution in [0.3, 0.4) is 0 Å². The van der Waals surface area contributed by atoms with Crippen LogP contribution >= 0.6 is 0 Å². The van der Waals surface area contributed by atoms with Crippen LogP contribution in [0.4, 0.5) is 4.79 Å². The summed E-state index contributed by atoms with van der Waals surface area (Å²) in [6, 6.07) is 9.16. The SMILES string of the molecule is CCOC(=O)C1=CCC(c2cccn2C(=O)OC(C)(C)C)N(S(=O)(=O)c2ccc(C)cc2)C1. The molecule has 0 spiro atoms. The Hall–Kier alpha value is -2.91. The number of hydrogen-bond acceptors (Lipinski definition) is 6. The van der Waals surface area contributed by atoms with E-state index in [4.69, 9.17) is 9.47 Å². The van der Waals surface area contributed by atoms with Gasteiger partial charge < -0.3 is 9.47 Å². The predicted molar refractivity (Wildman–Crippen MR) is 123 cm³/mol. The number of carbonyl (C=O) groups excluding carboxylic acids is 2. The maximum absolute atomic E-state index is 13.7. The van der Waals surface area contributed by atoms with Crippen molar-refractivity contribution in [3.63, 3.8) is 0 Å². The van der Waals surface area contributed by atoms with Crippen LogP contribution < -0.4 is 0 Å². The molecular weight excluding hydrogens is 444 g/mol. The molecule has 0 amide bonds. The third kappa shape index (κ3) is 5.54. The number of ether oxygens (including phenoxy) is 2. The molecule has 8 nitrogen and oxygen atoms in total. The van der Waals surface area contributed by atoms with E-state index in [0.29, 0.717) is 5.69 Å². The van der Waals surface area contributed by atoms with Crippen molar-refractivity contribution < 1.29 is 27.5 Å². The second-order valence-corrected chi connectivity index (χ2v) is 10.7. The van der Waals surface area contributed by atoms with Crippen LogP contribution in [0.5, 0.6) is 0 Å². The van der Waals surface area contributed by atoms with Gasteiger partial charge in [-0.2, -0.15) is 4.31 Å². The topological polar surface area (TPSA) is 94.9 Å². The zero-order valence-corrected chi connectivity index (χ0v) is 20.4. The standard InChI is InChI=1S/C24H30N2O6S/c1-6-31-22(27)18-11-14-21(20-8-7-15-25(20)23(28)32-24(3,4)5)26(16-18)33(29,30)19-12-9-17(2)10-13-19/h7-13,15,21H,6,14,16H2,1-5H3. The zero-order chi connectivity index (χ0) is 24.4. The molecule has 0 bridgehead atoms. The number of nitrogens with zero attached hydrogens (tertiary/aromatic N) is 2. The van der Waals surface area contributed by atoms with Crippen LogP contribution in [0.25, 0.3) is 0 Å². The minimum atomic E-state index is -3.99. The van der Waals surface area contributed by atoms with E-state index in [9.17, 15) is 18.0 Å². The molecule has 1 aromatic carbocycles. The van der Waals surface area contributed by atoms with Crippen LogP contribution in [-0.4, -0.2) is 48.1 Å². The molecule has 0 radical (unpaired) electrons. The average molecular weight is 475 g/mol. The second kappa shape index (κ2) is 9.52. The van der Waals surface area contributed by atoms with Crippen LogP contribution in [-0.2, 0) is 24.3 Å². The van der Waals surface area contributed by atoms with Gasteiger partial charge in [0.15, 0.2) is 0 Å².